The van der Waals surface area contributed by atoms with Gasteiger partial charge < -0.3 is 9.16 Å². The maximum atomic E-state index is 6.85. The van der Waals surface area contributed by atoms with Gasteiger partial charge in [0.2, 0.25) is 0 Å². The molecule has 1 aromatic heterocycles. The van der Waals surface area contributed by atoms with Gasteiger partial charge in [0.15, 0.2) is 0 Å². The second kappa shape index (κ2) is 11.7. The normalized spacial score (nSPS) is 18.1. The Labute approximate surface area is 221 Å². The molecule has 1 aliphatic heterocycles. The van der Waals surface area contributed by atoms with Gasteiger partial charge in [-0.25, -0.2) is 0 Å². The largest absolute Gasteiger partial charge is 0.543 e. The summed E-state index contributed by atoms with van der Waals surface area (Å²) in [6.45, 7) is 21.5. The first-order chi connectivity index (χ1) is 16.8. The van der Waals surface area contributed by atoms with Gasteiger partial charge in [-0.15, -0.1) is 0 Å². The Morgan fingerprint density at radius 2 is 1.50 bits per heavy atom. The number of aryl methyl sites for hydroxylation is 1. The summed E-state index contributed by atoms with van der Waals surface area (Å²) in [6, 6.07) is 0. The van der Waals surface area contributed by atoms with Crippen molar-refractivity contribution in [2.24, 2.45) is 0 Å². The van der Waals surface area contributed by atoms with Crippen LogP contribution >= 0.6 is 0 Å². The van der Waals surface area contributed by atoms with E-state index in [-0.39, 0.29) is 10.6 Å². The SMILES string of the molecule is Cc1c(C)c2c(c(C)c1O[Si](C)(C)C(C)(C)C)CC[C@@](C)(CCCCCCCCCn1nccn1)O2. The first-order valence-electron chi connectivity index (χ1n) is 14.2. The number of fused-ring (bicyclic) bond motifs is 1. The fourth-order valence-corrected chi connectivity index (χ4v) is 6.14. The van der Waals surface area contributed by atoms with Crippen LogP contribution in [0.2, 0.25) is 18.1 Å². The number of benzene rings is 1. The molecule has 0 N–H and O–H groups in total. The van der Waals surface area contributed by atoms with Gasteiger partial charge in [-0.3, -0.25) is 0 Å². The van der Waals surface area contributed by atoms with Crippen LogP contribution in [0, 0.1) is 20.8 Å². The lowest BCUT2D eigenvalue weighted by molar-refractivity contribution is 0.0522. The molecule has 0 spiro atoms. The fourth-order valence-electron chi connectivity index (χ4n) is 5.01. The number of aromatic nitrogens is 3. The number of rotatable bonds is 12. The summed E-state index contributed by atoms with van der Waals surface area (Å²) in [6.07, 6.45) is 15.7. The van der Waals surface area contributed by atoms with Crippen LogP contribution < -0.4 is 9.16 Å². The predicted octanol–water partition coefficient (Wildman–Crippen LogP) is 8.49. The summed E-state index contributed by atoms with van der Waals surface area (Å²) in [5, 5.41) is 8.52. The number of nitrogens with zero attached hydrogens (tertiary/aromatic N) is 3. The van der Waals surface area contributed by atoms with Crippen LogP contribution in [0.15, 0.2) is 12.4 Å². The third-order valence-corrected chi connectivity index (χ3v) is 13.1. The van der Waals surface area contributed by atoms with E-state index in [0.717, 1.165) is 37.3 Å². The summed E-state index contributed by atoms with van der Waals surface area (Å²) in [4.78, 5) is 1.79. The summed E-state index contributed by atoms with van der Waals surface area (Å²) in [5.74, 6) is 2.25. The van der Waals surface area contributed by atoms with Gasteiger partial charge in [-0.1, -0.05) is 52.9 Å². The van der Waals surface area contributed by atoms with E-state index in [9.17, 15) is 0 Å². The predicted molar refractivity (Wildman–Crippen MR) is 153 cm³/mol. The standard InChI is InChI=1S/C30H51N3O2Si/c1-23-24(2)28-26(25(3)27(23)35-36(8,9)29(4,5)6)17-19-30(7,34-28)18-15-13-11-10-12-14-16-22-33-31-20-21-32-33/h20-21H,10-19,22H2,1-9H3/t30-/m1/s1. The molecule has 0 unspecified atom stereocenters. The highest BCUT2D eigenvalue weighted by molar-refractivity contribution is 6.74. The molecule has 0 saturated heterocycles. The number of unbranched alkanes of at least 4 members (excludes halogenated alkanes) is 6. The molecule has 0 radical (unpaired) electrons. The van der Waals surface area contributed by atoms with E-state index < -0.39 is 8.32 Å². The van der Waals surface area contributed by atoms with Crippen LogP contribution in [0.25, 0.3) is 0 Å². The molecule has 3 rings (SSSR count). The van der Waals surface area contributed by atoms with Crippen molar-refractivity contribution < 1.29 is 9.16 Å². The van der Waals surface area contributed by atoms with Gasteiger partial charge in [0.05, 0.1) is 18.9 Å². The molecular weight excluding hydrogens is 462 g/mol. The molecule has 6 heteroatoms. The van der Waals surface area contributed by atoms with Gasteiger partial charge in [-0.2, -0.15) is 15.0 Å². The maximum Gasteiger partial charge on any atom is 0.250 e. The van der Waals surface area contributed by atoms with Gasteiger partial charge in [0.25, 0.3) is 8.32 Å². The monoisotopic (exact) mass is 513 g/mol. The van der Waals surface area contributed by atoms with Crippen molar-refractivity contribution in [3.05, 3.63) is 34.6 Å². The summed E-state index contributed by atoms with van der Waals surface area (Å²) in [7, 11) is -1.90. The quantitative estimate of drug-likeness (QED) is 0.211. The van der Waals surface area contributed by atoms with Crippen LogP contribution in [-0.2, 0) is 13.0 Å². The number of ether oxygens (including phenoxy) is 1. The Morgan fingerprint density at radius 1 is 0.917 bits per heavy atom. The second-order valence-electron chi connectivity index (χ2n) is 12.8. The molecular formula is C30H51N3O2Si. The molecule has 0 fully saturated rings. The van der Waals surface area contributed by atoms with Crippen molar-refractivity contribution in [3.63, 3.8) is 0 Å². The van der Waals surface area contributed by atoms with E-state index in [2.05, 4.69) is 71.8 Å². The zero-order valence-corrected chi connectivity index (χ0v) is 25.6. The molecule has 0 bridgehead atoms. The van der Waals surface area contributed by atoms with Crippen LogP contribution in [-0.4, -0.2) is 28.9 Å². The van der Waals surface area contributed by atoms with E-state index >= 15 is 0 Å². The average molecular weight is 514 g/mol. The zero-order valence-electron chi connectivity index (χ0n) is 24.6. The molecule has 1 aromatic carbocycles. The minimum Gasteiger partial charge on any atom is -0.543 e. The third kappa shape index (κ3) is 6.93. The van der Waals surface area contributed by atoms with Crippen molar-refractivity contribution in [1.82, 2.24) is 15.0 Å². The molecule has 202 valence electrons. The Kier molecular flexibility index (Phi) is 9.34. The van der Waals surface area contributed by atoms with Crippen LogP contribution in [0.5, 0.6) is 11.5 Å². The van der Waals surface area contributed by atoms with Gasteiger partial charge >= 0.3 is 0 Å². The molecule has 0 amide bonds. The first-order valence-corrected chi connectivity index (χ1v) is 17.1. The van der Waals surface area contributed by atoms with Crippen molar-refractivity contribution in [3.8, 4) is 11.5 Å². The van der Waals surface area contributed by atoms with Crippen molar-refractivity contribution in [2.45, 2.75) is 143 Å². The second-order valence-corrected chi connectivity index (χ2v) is 17.5. The Balaban J connectivity index is 1.50. The van der Waals surface area contributed by atoms with Crippen LogP contribution in [0.1, 0.15) is 108 Å². The first kappa shape index (κ1) is 28.7. The summed E-state index contributed by atoms with van der Waals surface area (Å²) < 4.78 is 13.6. The van der Waals surface area contributed by atoms with E-state index in [4.69, 9.17) is 9.16 Å². The minimum atomic E-state index is -1.90. The van der Waals surface area contributed by atoms with Crippen LogP contribution in [0.4, 0.5) is 0 Å². The smallest absolute Gasteiger partial charge is 0.250 e. The molecule has 1 aliphatic rings. The molecule has 0 aliphatic carbocycles. The van der Waals surface area contributed by atoms with E-state index in [1.165, 1.54) is 67.2 Å². The third-order valence-electron chi connectivity index (χ3n) is 8.76. The van der Waals surface area contributed by atoms with E-state index in [1.54, 1.807) is 17.2 Å². The molecule has 2 aromatic rings. The highest BCUT2D eigenvalue weighted by Crippen LogP contribution is 2.47. The minimum absolute atomic E-state index is 0.0603. The molecule has 1 atom stereocenters. The lowest BCUT2D eigenvalue weighted by Gasteiger charge is -2.41. The van der Waals surface area contributed by atoms with Crippen molar-refractivity contribution >= 4 is 8.32 Å². The van der Waals surface area contributed by atoms with E-state index in [1.807, 2.05) is 0 Å². The maximum absolute atomic E-state index is 6.85. The van der Waals surface area contributed by atoms with Crippen molar-refractivity contribution in [1.29, 1.82) is 0 Å². The van der Waals surface area contributed by atoms with Gasteiger partial charge in [0.1, 0.15) is 17.1 Å². The summed E-state index contributed by atoms with van der Waals surface area (Å²) >= 11 is 0. The summed E-state index contributed by atoms with van der Waals surface area (Å²) in [5.41, 5.74) is 5.12. The topological polar surface area (TPSA) is 49.2 Å². The molecule has 2 heterocycles. The highest BCUT2D eigenvalue weighted by atomic mass is 28.4. The Bertz CT molecular complexity index is 995. The molecule has 5 nitrogen and oxygen atoms in total. The lowest BCUT2D eigenvalue weighted by Crippen LogP contribution is -2.44. The molecule has 0 saturated carbocycles. The zero-order chi connectivity index (χ0) is 26.6. The molecule has 36 heavy (non-hydrogen) atoms. The number of hydrogen-bond donors (Lipinski definition) is 0. The highest BCUT2D eigenvalue weighted by Gasteiger charge is 2.41. The average Bonchev–Trinajstić information content (AvgIpc) is 3.32. The Morgan fingerprint density at radius 3 is 2.11 bits per heavy atom. The fraction of sp³-hybridized carbons (Fsp3) is 0.733. The van der Waals surface area contributed by atoms with Crippen molar-refractivity contribution in [2.75, 3.05) is 0 Å². The van der Waals surface area contributed by atoms with Crippen LogP contribution in [0.3, 0.4) is 0 Å². The Hall–Kier alpha value is -1.82. The van der Waals surface area contributed by atoms with Gasteiger partial charge in [-0.05, 0) is 94.6 Å². The van der Waals surface area contributed by atoms with E-state index in [0.29, 0.717) is 0 Å². The lowest BCUT2D eigenvalue weighted by atomic mass is 9.84. The number of hydrogen-bond acceptors (Lipinski definition) is 4. The van der Waals surface area contributed by atoms with Gasteiger partial charge in [0, 0.05) is 5.56 Å².